The summed E-state index contributed by atoms with van der Waals surface area (Å²) in [6.45, 7) is 5.62. The third-order valence-corrected chi connectivity index (χ3v) is 5.33. The Morgan fingerprint density at radius 2 is 1.88 bits per heavy atom. The molecule has 1 aliphatic rings. The third-order valence-electron chi connectivity index (χ3n) is 5.33. The summed E-state index contributed by atoms with van der Waals surface area (Å²) in [6.07, 6.45) is 3.18. The number of benzene rings is 1. The van der Waals surface area contributed by atoms with E-state index >= 15 is 0 Å². The van der Waals surface area contributed by atoms with Crippen molar-refractivity contribution in [3.8, 4) is 17.1 Å². The van der Waals surface area contributed by atoms with Crippen LogP contribution in [-0.2, 0) is 9.47 Å². The predicted molar refractivity (Wildman–Crippen MR) is 125 cm³/mol. The molecule has 1 N–H and O–H groups in total. The summed E-state index contributed by atoms with van der Waals surface area (Å²) in [5.74, 6) is 0.270. The minimum Gasteiger partial charge on any atom is -0.473 e. The van der Waals surface area contributed by atoms with Crippen LogP contribution in [0, 0.1) is 6.92 Å². The maximum atomic E-state index is 12.6. The summed E-state index contributed by atoms with van der Waals surface area (Å²) < 4.78 is 16.4. The van der Waals surface area contributed by atoms with Gasteiger partial charge in [-0.1, -0.05) is 6.07 Å². The Balaban J connectivity index is 1.63. The Hall–Kier alpha value is -3.56. The smallest absolute Gasteiger partial charge is 0.257 e. The fourth-order valence-corrected chi connectivity index (χ4v) is 3.54. The van der Waals surface area contributed by atoms with Gasteiger partial charge in [0.2, 0.25) is 0 Å². The van der Waals surface area contributed by atoms with Gasteiger partial charge in [-0.15, -0.1) is 10.2 Å². The van der Waals surface area contributed by atoms with Crippen LogP contribution < -0.4 is 15.0 Å². The first-order chi connectivity index (χ1) is 16.2. The Morgan fingerprint density at radius 1 is 1.09 bits per heavy atom. The minimum atomic E-state index is -0.200. The van der Waals surface area contributed by atoms with Crippen molar-refractivity contribution in [2.45, 2.75) is 6.92 Å². The molecular formula is C24H27N5O4. The molecule has 172 valence electrons. The fraction of sp³-hybridized carbons (Fsp3) is 0.333. The number of nitrogens with zero attached hydrogens (tertiary/aromatic N) is 4. The molecule has 1 aromatic carbocycles. The van der Waals surface area contributed by atoms with E-state index in [1.807, 2.05) is 31.2 Å². The fourth-order valence-electron chi connectivity index (χ4n) is 3.54. The van der Waals surface area contributed by atoms with Crippen molar-refractivity contribution in [3.05, 3.63) is 59.9 Å². The van der Waals surface area contributed by atoms with Gasteiger partial charge >= 0.3 is 0 Å². The number of pyridine rings is 1. The van der Waals surface area contributed by atoms with E-state index in [4.69, 9.17) is 14.2 Å². The second kappa shape index (κ2) is 10.8. The van der Waals surface area contributed by atoms with E-state index in [-0.39, 0.29) is 5.91 Å². The summed E-state index contributed by atoms with van der Waals surface area (Å²) in [5, 5.41) is 11.7. The zero-order chi connectivity index (χ0) is 23.0. The molecule has 3 aromatic rings. The molecule has 0 aliphatic carbocycles. The number of carbonyl (C=O) groups excluding carboxylic acids is 1. The summed E-state index contributed by atoms with van der Waals surface area (Å²) in [5.41, 5.74) is 4.69. The molecule has 9 heteroatoms. The average molecular weight is 450 g/mol. The van der Waals surface area contributed by atoms with Gasteiger partial charge in [-0.25, -0.2) is 0 Å². The molecule has 33 heavy (non-hydrogen) atoms. The molecule has 0 unspecified atom stereocenters. The number of aryl methyl sites for hydroxylation is 1. The van der Waals surface area contributed by atoms with Crippen molar-refractivity contribution in [3.63, 3.8) is 0 Å². The van der Waals surface area contributed by atoms with Gasteiger partial charge in [0.05, 0.1) is 25.5 Å². The average Bonchev–Trinajstić information content (AvgIpc) is 2.86. The molecule has 2 aromatic heterocycles. The number of anilines is 2. The SMILES string of the molecule is COCCOc1nnc(-c2cc(NC(=O)c3ccncc3)ccc2C)cc1N1CCOCC1. The first kappa shape index (κ1) is 22.6. The quantitative estimate of drug-likeness (QED) is 0.524. The molecule has 1 aliphatic heterocycles. The molecular weight excluding hydrogens is 422 g/mol. The Morgan fingerprint density at radius 3 is 2.64 bits per heavy atom. The van der Waals surface area contributed by atoms with Crippen molar-refractivity contribution in [1.82, 2.24) is 15.2 Å². The first-order valence-corrected chi connectivity index (χ1v) is 10.8. The number of nitrogens with one attached hydrogen (secondary N) is 1. The van der Waals surface area contributed by atoms with E-state index < -0.39 is 0 Å². The normalized spacial score (nSPS) is 13.6. The number of rotatable bonds is 8. The van der Waals surface area contributed by atoms with Crippen LogP contribution in [-0.4, -0.2) is 67.7 Å². The maximum Gasteiger partial charge on any atom is 0.257 e. The largest absolute Gasteiger partial charge is 0.473 e. The van der Waals surface area contributed by atoms with Gasteiger partial charge in [-0.2, -0.15) is 0 Å². The van der Waals surface area contributed by atoms with Crippen LogP contribution in [0.5, 0.6) is 5.88 Å². The number of aromatic nitrogens is 3. The third kappa shape index (κ3) is 5.63. The number of methoxy groups -OCH3 is 1. The Bertz CT molecular complexity index is 1090. The second-order valence-corrected chi connectivity index (χ2v) is 7.58. The van der Waals surface area contributed by atoms with E-state index in [2.05, 4.69) is 25.4 Å². The van der Waals surface area contributed by atoms with E-state index in [1.165, 1.54) is 0 Å². The van der Waals surface area contributed by atoms with Crippen LogP contribution in [0.4, 0.5) is 11.4 Å². The van der Waals surface area contributed by atoms with E-state index in [0.29, 0.717) is 49.3 Å². The van der Waals surface area contributed by atoms with Crippen LogP contribution in [0.2, 0.25) is 0 Å². The van der Waals surface area contributed by atoms with Crippen LogP contribution in [0.3, 0.4) is 0 Å². The lowest BCUT2D eigenvalue weighted by Crippen LogP contribution is -2.36. The van der Waals surface area contributed by atoms with Gasteiger partial charge in [0.1, 0.15) is 12.3 Å². The molecule has 0 saturated carbocycles. The van der Waals surface area contributed by atoms with E-state index in [0.717, 1.165) is 29.9 Å². The maximum absolute atomic E-state index is 12.6. The molecule has 0 bridgehead atoms. The second-order valence-electron chi connectivity index (χ2n) is 7.58. The van der Waals surface area contributed by atoms with Crippen LogP contribution in [0.1, 0.15) is 15.9 Å². The molecule has 0 atom stereocenters. The number of amides is 1. The van der Waals surface area contributed by atoms with Crippen molar-refractivity contribution in [2.75, 3.05) is 56.8 Å². The molecule has 1 saturated heterocycles. The summed E-state index contributed by atoms with van der Waals surface area (Å²) >= 11 is 0. The molecule has 4 rings (SSSR count). The van der Waals surface area contributed by atoms with Gasteiger partial charge in [0.25, 0.3) is 11.8 Å². The van der Waals surface area contributed by atoms with Gasteiger partial charge in [-0.3, -0.25) is 9.78 Å². The zero-order valence-electron chi connectivity index (χ0n) is 18.8. The van der Waals surface area contributed by atoms with Crippen molar-refractivity contribution in [2.24, 2.45) is 0 Å². The lowest BCUT2D eigenvalue weighted by Gasteiger charge is -2.29. The van der Waals surface area contributed by atoms with Crippen molar-refractivity contribution < 1.29 is 19.0 Å². The lowest BCUT2D eigenvalue weighted by atomic mass is 10.0. The lowest BCUT2D eigenvalue weighted by molar-refractivity contribution is 0.102. The monoisotopic (exact) mass is 449 g/mol. The van der Waals surface area contributed by atoms with Crippen molar-refractivity contribution in [1.29, 1.82) is 0 Å². The van der Waals surface area contributed by atoms with Crippen LogP contribution >= 0.6 is 0 Å². The van der Waals surface area contributed by atoms with Gasteiger partial charge in [-0.05, 0) is 42.8 Å². The highest BCUT2D eigenvalue weighted by atomic mass is 16.5. The Kier molecular flexibility index (Phi) is 7.43. The summed E-state index contributed by atoms with van der Waals surface area (Å²) in [6, 6.07) is 11.1. The van der Waals surface area contributed by atoms with E-state index in [9.17, 15) is 4.79 Å². The minimum absolute atomic E-state index is 0.200. The van der Waals surface area contributed by atoms with Gasteiger partial charge in [0.15, 0.2) is 0 Å². The molecule has 1 fully saturated rings. The number of ether oxygens (including phenoxy) is 3. The molecule has 1 amide bonds. The van der Waals surface area contributed by atoms with Crippen LogP contribution in [0.25, 0.3) is 11.3 Å². The molecule has 0 radical (unpaired) electrons. The number of hydrogen-bond donors (Lipinski definition) is 1. The molecule has 3 heterocycles. The predicted octanol–water partition coefficient (Wildman–Crippen LogP) is 2.96. The highest BCUT2D eigenvalue weighted by molar-refractivity contribution is 6.04. The first-order valence-electron chi connectivity index (χ1n) is 10.8. The Labute approximate surface area is 192 Å². The summed E-state index contributed by atoms with van der Waals surface area (Å²) in [4.78, 5) is 18.7. The highest BCUT2D eigenvalue weighted by Crippen LogP contribution is 2.32. The zero-order valence-corrected chi connectivity index (χ0v) is 18.8. The van der Waals surface area contributed by atoms with Gasteiger partial charge in [0, 0.05) is 49.4 Å². The molecule has 9 nitrogen and oxygen atoms in total. The van der Waals surface area contributed by atoms with E-state index in [1.54, 1.807) is 31.6 Å². The standard InChI is InChI=1S/C24H27N5O4/c1-17-3-4-19(26-23(30)18-5-7-25-8-6-18)15-20(17)21-16-22(29-9-11-32-12-10-29)24(28-27-21)33-14-13-31-2/h3-8,15-16H,9-14H2,1-2H3,(H,26,30). The summed E-state index contributed by atoms with van der Waals surface area (Å²) in [7, 11) is 1.63. The highest BCUT2D eigenvalue weighted by Gasteiger charge is 2.20. The number of morpholine rings is 1. The van der Waals surface area contributed by atoms with Gasteiger partial charge < -0.3 is 24.4 Å². The number of carbonyl (C=O) groups is 1. The van der Waals surface area contributed by atoms with Crippen LogP contribution in [0.15, 0.2) is 48.8 Å². The topological polar surface area (TPSA) is 98.7 Å². The molecule has 0 spiro atoms. The number of hydrogen-bond acceptors (Lipinski definition) is 8. The van der Waals surface area contributed by atoms with Crippen molar-refractivity contribution >= 4 is 17.3 Å².